The van der Waals surface area contributed by atoms with Gasteiger partial charge in [0, 0.05) is 46.0 Å². The number of nitrogens with zero attached hydrogens (tertiary/aromatic N) is 2. The smallest absolute Gasteiger partial charge is 0.227 e. The van der Waals surface area contributed by atoms with Gasteiger partial charge in [0.1, 0.15) is 0 Å². The highest BCUT2D eigenvalue weighted by Crippen LogP contribution is 2.33. The van der Waals surface area contributed by atoms with Gasteiger partial charge in [0.25, 0.3) is 0 Å². The van der Waals surface area contributed by atoms with E-state index in [1.165, 1.54) is 0 Å². The zero-order chi connectivity index (χ0) is 22.8. The van der Waals surface area contributed by atoms with Gasteiger partial charge < -0.3 is 21.4 Å². The van der Waals surface area contributed by atoms with Crippen molar-refractivity contribution in [2.75, 3.05) is 16.4 Å². The van der Waals surface area contributed by atoms with E-state index in [0.717, 1.165) is 47.8 Å². The zero-order valence-corrected chi connectivity index (χ0v) is 18.8. The number of nitrogens with one attached hydrogen (secondary N) is 3. The molecule has 4 aromatic rings. The van der Waals surface area contributed by atoms with Crippen molar-refractivity contribution in [3.63, 3.8) is 0 Å². The zero-order valence-electron chi connectivity index (χ0n) is 18.0. The minimum Gasteiger partial charge on any atom is -0.399 e. The number of nitrogen functional groups attached to an aromatic ring is 1. The largest absolute Gasteiger partial charge is 0.399 e. The van der Waals surface area contributed by atoms with Gasteiger partial charge in [-0.1, -0.05) is 36.2 Å². The van der Waals surface area contributed by atoms with Crippen LogP contribution < -0.4 is 16.4 Å². The predicted octanol–water partition coefficient (Wildman–Crippen LogP) is 5.47. The van der Waals surface area contributed by atoms with Gasteiger partial charge in [-0.05, 0) is 49.6 Å². The van der Waals surface area contributed by atoms with Crippen LogP contribution in [0, 0.1) is 5.92 Å². The lowest BCUT2D eigenvalue weighted by Gasteiger charge is -2.29. The molecular weight excluding hydrogens is 436 g/mol. The quantitative estimate of drug-likeness (QED) is 0.295. The number of para-hydroxylation sites is 1. The number of hydrogen-bond acceptors (Lipinski definition) is 5. The summed E-state index contributed by atoms with van der Waals surface area (Å²) in [5, 5.41) is 7.98. The molecule has 1 aliphatic rings. The van der Waals surface area contributed by atoms with E-state index in [2.05, 4.69) is 20.6 Å². The number of nitrogens with two attached hydrogens (primary N) is 1. The average Bonchev–Trinajstić information content (AvgIpc) is 3.26. The van der Waals surface area contributed by atoms with E-state index in [-0.39, 0.29) is 17.9 Å². The Hall–Kier alpha value is -3.58. The van der Waals surface area contributed by atoms with Crippen LogP contribution in [0.15, 0.2) is 60.9 Å². The molecule has 0 saturated heterocycles. The van der Waals surface area contributed by atoms with Crippen LogP contribution in [0.4, 0.5) is 17.3 Å². The van der Waals surface area contributed by atoms with E-state index in [1.807, 2.05) is 42.6 Å². The fourth-order valence-electron chi connectivity index (χ4n) is 4.45. The summed E-state index contributed by atoms with van der Waals surface area (Å²) in [6.45, 7) is 0. The first-order valence-corrected chi connectivity index (χ1v) is 11.5. The topological polar surface area (TPSA) is 109 Å². The number of hydrogen-bond donors (Lipinski definition) is 4. The van der Waals surface area contributed by atoms with Crippen molar-refractivity contribution in [3.8, 4) is 11.3 Å². The molecule has 5 N–H and O–H groups in total. The van der Waals surface area contributed by atoms with E-state index in [1.54, 1.807) is 18.3 Å². The summed E-state index contributed by atoms with van der Waals surface area (Å²) >= 11 is 6.45. The third-order valence-corrected chi connectivity index (χ3v) is 6.42. The minimum atomic E-state index is -0.0748. The summed E-state index contributed by atoms with van der Waals surface area (Å²) in [6.07, 6.45) is 7.04. The van der Waals surface area contributed by atoms with Gasteiger partial charge in [-0.2, -0.15) is 0 Å². The lowest BCUT2D eigenvalue weighted by Crippen LogP contribution is -2.34. The average molecular weight is 461 g/mol. The van der Waals surface area contributed by atoms with Crippen molar-refractivity contribution in [2.45, 2.75) is 31.7 Å². The number of H-pyrrole nitrogens is 1. The molecule has 168 valence electrons. The second-order valence-corrected chi connectivity index (χ2v) is 8.86. The predicted molar refractivity (Wildman–Crippen MR) is 133 cm³/mol. The molecule has 8 heteroatoms. The lowest BCUT2D eigenvalue weighted by molar-refractivity contribution is -0.120. The lowest BCUT2D eigenvalue weighted by atomic mass is 9.85. The molecule has 2 aromatic heterocycles. The summed E-state index contributed by atoms with van der Waals surface area (Å²) in [4.78, 5) is 25.2. The van der Waals surface area contributed by atoms with Crippen molar-refractivity contribution >= 4 is 45.7 Å². The Morgan fingerprint density at radius 3 is 2.79 bits per heavy atom. The van der Waals surface area contributed by atoms with Crippen LogP contribution in [0.1, 0.15) is 25.7 Å². The van der Waals surface area contributed by atoms with E-state index in [4.69, 9.17) is 22.3 Å². The maximum absolute atomic E-state index is 12.8. The summed E-state index contributed by atoms with van der Waals surface area (Å²) in [7, 11) is 0. The molecule has 2 atom stereocenters. The number of anilines is 3. The molecule has 0 spiro atoms. The molecule has 5 rings (SSSR count). The molecule has 1 amide bonds. The van der Waals surface area contributed by atoms with Crippen molar-refractivity contribution < 1.29 is 4.79 Å². The van der Waals surface area contributed by atoms with Crippen LogP contribution in [0.25, 0.3) is 22.2 Å². The number of halogens is 1. The fourth-order valence-corrected chi connectivity index (χ4v) is 4.64. The van der Waals surface area contributed by atoms with Crippen LogP contribution in [-0.2, 0) is 4.79 Å². The van der Waals surface area contributed by atoms with Gasteiger partial charge in [0.15, 0.2) is 0 Å². The molecule has 0 aliphatic heterocycles. The second kappa shape index (κ2) is 9.11. The van der Waals surface area contributed by atoms with E-state index < -0.39 is 0 Å². The van der Waals surface area contributed by atoms with Gasteiger partial charge in [-0.15, -0.1) is 0 Å². The number of aromatic nitrogens is 3. The Morgan fingerprint density at radius 2 is 1.94 bits per heavy atom. The van der Waals surface area contributed by atoms with Crippen molar-refractivity contribution in [1.82, 2.24) is 15.0 Å². The van der Waals surface area contributed by atoms with E-state index >= 15 is 0 Å². The van der Waals surface area contributed by atoms with Gasteiger partial charge >= 0.3 is 0 Å². The second-order valence-electron chi connectivity index (χ2n) is 8.45. The third-order valence-electron chi connectivity index (χ3n) is 6.14. The number of carbonyl (C=O) groups excluding carboxylic acids is 1. The fraction of sp³-hybridized carbons (Fsp3) is 0.240. The number of amides is 1. The third kappa shape index (κ3) is 4.64. The summed E-state index contributed by atoms with van der Waals surface area (Å²) in [5.74, 6) is 0.473. The normalized spacial score (nSPS) is 18.2. The summed E-state index contributed by atoms with van der Waals surface area (Å²) in [5.41, 5.74) is 9.80. The number of aromatic amines is 1. The van der Waals surface area contributed by atoms with Crippen LogP contribution in [0.3, 0.4) is 0 Å². The monoisotopic (exact) mass is 460 g/mol. The van der Waals surface area contributed by atoms with Crippen LogP contribution in [-0.4, -0.2) is 26.9 Å². The SMILES string of the molecule is Nc1ccc(NC(=O)C2CCCC(Nc3ncc(Cl)c(-c4c[nH]c5ccccc45)n3)C2)cc1. The van der Waals surface area contributed by atoms with Gasteiger partial charge in [0.2, 0.25) is 11.9 Å². The van der Waals surface area contributed by atoms with Crippen LogP contribution >= 0.6 is 11.6 Å². The Bertz CT molecular complexity index is 1290. The molecule has 2 unspecified atom stereocenters. The molecule has 0 bridgehead atoms. The van der Waals surface area contributed by atoms with Crippen LogP contribution in [0.2, 0.25) is 5.02 Å². The molecule has 1 aliphatic carbocycles. The molecular formula is C25H25ClN6O. The molecule has 0 radical (unpaired) electrons. The highest BCUT2D eigenvalue weighted by Gasteiger charge is 2.28. The Labute approximate surface area is 196 Å². The molecule has 7 nitrogen and oxygen atoms in total. The summed E-state index contributed by atoms with van der Waals surface area (Å²) < 4.78 is 0. The Kier molecular flexibility index (Phi) is 5.88. The Morgan fingerprint density at radius 1 is 1.12 bits per heavy atom. The van der Waals surface area contributed by atoms with E-state index in [9.17, 15) is 4.79 Å². The molecule has 2 heterocycles. The number of carbonyl (C=O) groups is 1. The van der Waals surface area contributed by atoms with Gasteiger partial charge in [0.05, 0.1) is 16.9 Å². The molecule has 2 aromatic carbocycles. The van der Waals surface area contributed by atoms with Crippen molar-refractivity contribution in [2.24, 2.45) is 5.92 Å². The van der Waals surface area contributed by atoms with E-state index in [0.29, 0.717) is 22.4 Å². The first-order valence-electron chi connectivity index (χ1n) is 11.1. The molecule has 1 fully saturated rings. The number of fused-ring (bicyclic) bond motifs is 1. The van der Waals surface area contributed by atoms with Crippen LogP contribution in [0.5, 0.6) is 0 Å². The highest BCUT2D eigenvalue weighted by molar-refractivity contribution is 6.33. The first kappa shape index (κ1) is 21.3. The maximum atomic E-state index is 12.8. The highest BCUT2D eigenvalue weighted by atomic mass is 35.5. The first-order chi connectivity index (χ1) is 16.1. The standard InChI is InChI=1S/C25H25ClN6O/c26-21-14-29-25(32-23(21)20-13-28-22-7-2-1-6-19(20)22)31-18-5-3-4-15(12-18)24(33)30-17-10-8-16(27)9-11-17/h1-2,6-11,13-15,18,28H,3-5,12,27H2,(H,30,33)(H,29,31,32). The van der Waals surface area contributed by atoms with Crippen molar-refractivity contribution in [1.29, 1.82) is 0 Å². The summed E-state index contributed by atoms with van der Waals surface area (Å²) in [6, 6.07) is 15.3. The van der Waals surface area contributed by atoms with Gasteiger partial charge in [-0.3, -0.25) is 4.79 Å². The maximum Gasteiger partial charge on any atom is 0.227 e. The van der Waals surface area contributed by atoms with Crippen molar-refractivity contribution in [3.05, 3.63) is 65.9 Å². The molecule has 33 heavy (non-hydrogen) atoms. The Balaban J connectivity index is 1.29. The van der Waals surface area contributed by atoms with Gasteiger partial charge in [-0.25, -0.2) is 9.97 Å². The number of rotatable bonds is 5. The molecule has 1 saturated carbocycles. The number of benzene rings is 2. The minimum absolute atomic E-state index is 0.0303.